The maximum Gasteiger partial charge on any atom is 0.407 e. The van der Waals surface area contributed by atoms with Gasteiger partial charge < -0.3 is 19.9 Å². The van der Waals surface area contributed by atoms with Gasteiger partial charge in [0, 0.05) is 6.04 Å². The zero-order chi connectivity index (χ0) is 20.3. The van der Waals surface area contributed by atoms with Crippen LogP contribution in [-0.2, 0) is 4.74 Å². The van der Waals surface area contributed by atoms with Crippen molar-refractivity contribution in [1.82, 2.24) is 15.3 Å². The molecule has 1 aromatic carbocycles. The summed E-state index contributed by atoms with van der Waals surface area (Å²) in [5.74, 6) is -0.552. The molecule has 8 nitrogen and oxygen atoms in total. The van der Waals surface area contributed by atoms with Crippen LogP contribution in [0, 0.1) is 0 Å². The maximum atomic E-state index is 11.9. The Labute approximate surface area is 163 Å². The fourth-order valence-corrected chi connectivity index (χ4v) is 3.22. The van der Waals surface area contributed by atoms with Crippen molar-refractivity contribution < 1.29 is 24.2 Å². The first-order chi connectivity index (χ1) is 13.2. The summed E-state index contributed by atoms with van der Waals surface area (Å²) in [5, 5.41) is 12.7. The van der Waals surface area contributed by atoms with Crippen LogP contribution >= 0.6 is 0 Å². The Morgan fingerprint density at radius 1 is 1.14 bits per heavy atom. The highest BCUT2D eigenvalue weighted by Gasteiger charge is 2.26. The van der Waals surface area contributed by atoms with E-state index in [9.17, 15) is 9.59 Å². The van der Waals surface area contributed by atoms with Gasteiger partial charge in [-0.3, -0.25) is 0 Å². The number of nitrogens with one attached hydrogen (secondary N) is 1. The number of aromatic carboxylic acids is 1. The van der Waals surface area contributed by atoms with Crippen LogP contribution in [0.1, 0.15) is 56.8 Å². The molecule has 1 aliphatic carbocycles. The van der Waals surface area contributed by atoms with Crippen LogP contribution in [0.5, 0.6) is 5.88 Å². The fraction of sp³-hybridized carbons (Fsp3) is 0.500. The Hall–Kier alpha value is -2.90. The van der Waals surface area contributed by atoms with E-state index >= 15 is 0 Å². The molecule has 150 valence electrons. The number of nitrogens with zero attached hydrogens (tertiary/aromatic N) is 2. The monoisotopic (exact) mass is 387 g/mol. The van der Waals surface area contributed by atoms with Crippen molar-refractivity contribution in [2.45, 2.75) is 64.2 Å². The molecule has 0 atom stereocenters. The second-order valence-corrected chi connectivity index (χ2v) is 7.95. The predicted octanol–water partition coefficient (Wildman–Crippen LogP) is 3.54. The summed E-state index contributed by atoms with van der Waals surface area (Å²) in [6.45, 7) is 5.51. The van der Waals surface area contributed by atoms with E-state index in [1.54, 1.807) is 6.07 Å². The number of amides is 1. The van der Waals surface area contributed by atoms with E-state index < -0.39 is 17.7 Å². The number of carboxylic acid groups (broad SMARTS) is 1. The van der Waals surface area contributed by atoms with Crippen LogP contribution in [0.4, 0.5) is 4.79 Å². The summed E-state index contributed by atoms with van der Waals surface area (Å²) in [4.78, 5) is 31.4. The van der Waals surface area contributed by atoms with Crippen LogP contribution in [0.25, 0.3) is 10.9 Å². The van der Waals surface area contributed by atoms with Gasteiger partial charge in [0.2, 0.25) is 5.88 Å². The average molecular weight is 387 g/mol. The average Bonchev–Trinajstić information content (AvgIpc) is 2.61. The number of fused-ring (bicyclic) bond motifs is 1. The third-order valence-electron chi connectivity index (χ3n) is 4.52. The predicted molar refractivity (Wildman–Crippen MR) is 103 cm³/mol. The summed E-state index contributed by atoms with van der Waals surface area (Å²) in [6.07, 6.45) is 4.09. The van der Waals surface area contributed by atoms with Crippen LogP contribution in [0.15, 0.2) is 24.5 Å². The van der Waals surface area contributed by atoms with Gasteiger partial charge >= 0.3 is 12.1 Å². The Morgan fingerprint density at radius 2 is 1.86 bits per heavy atom. The summed E-state index contributed by atoms with van der Waals surface area (Å²) in [6, 6.07) is 4.76. The lowest BCUT2D eigenvalue weighted by molar-refractivity contribution is 0.0469. The minimum Gasteiger partial charge on any atom is -0.478 e. The number of ether oxygens (including phenoxy) is 2. The summed E-state index contributed by atoms with van der Waals surface area (Å²) >= 11 is 0. The number of benzene rings is 1. The first-order valence-electron chi connectivity index (χ1n) is 9.35. The molecule has 8 heteroatoms. The Balaban J connectivity index is 1.59. The highest BCUT2D eigenvalue weighted by Crippen LogP contribution is 2.28. The number of hydrogen-bond donors (Lipinski definition) is 2. The summed E-state index contributed by atoms with van der Waals surface area (Å²) in [7, 11) is 0. The molecule has 1 amide bonds. The minimum atomic E-state index is -1.00. The van der Waals surface area contributed by atoms with Crippen molar-refractivity contribution in [3.63, 3.8) is 0 Å². The molecule has 1 heterocycles. The van der Waals surface area contributed by atoms with Gasteiger partial charge in [0.05, 0.1) is 16.5 Å². The number of carbonyl (C=O) groups excluding carboxylic acids is 1. The van der Waals surface area contributed by atoms with E-state index in [0.29, 0.717) is 16.8 Å². The number of carboxylic acids is 1. The Kier molecular flexibility index (Phi) is 5.67. The smallest absolute Gasteiger partial charge is 0.407 e. The van der Waals surface area contributed by atoms with Gasteiger partial charge in [0.15, 0.2) is 0 Å². The maximum absolute atomic E-state index is 11.9. The van der Waals surface area contributed by atoms with E-state index in [-0.39, 0.29) is 17.7 Å². The molecule has 28 heavy (non-hydrogen) atoms. The standard InChI is InChI=1S/C20H25N3O5/c1-20(2,3)28-19(26)23-13-5-7-14(8-6-13)27-17-15-9-4-12(18(24)25)10-16(15)21-11-22-17/h4,9-11,13-14H,5-8H2,1-3H3,(H,23,26)(H,24,25). The fourth-order valence-electron chi connectivity index (χ4n) is 3.22. The van der Waals surface area contributed by atoms with Crippen LogP contribution < -0.4 is 10.1 Å². The SMILES string of the molecule is CC(C)(C)OC(=O)NC1CCC(Oc2ncnc3cc(C(=O)O)ccc23)CC1. The highest BCUT2D eigenvalue weighted by atomic mass is 16.6. The topological polar surface area (TPSA) is 111 Å². The van der Waals surface area contributed by atoms with E-state index in [1.807, 2.05) is 20.8 Å². The van der Waals surface area contributed by atoms with E-state index in [2.05, 4.69) is 15.3 Å². The van der Waals surface area contributed by atoms with E-state index in [4.69, 9.17) is 14.6 Å². The lowest BCUT2D eigenvalue weighted by atomic mass is 9.93. The molecule has 0 spiro atoms. The largest absolute Gasteiger partial charge is 0.478 e. The van der Waals surface area contributed by atoms with Crippen molar-refractivity contribution in [3.8, 4) is 5.88 Å². The minimum absolute atomic E-state index is 0.0195. The molecule has 2 N–H and O–H groups in total. The molecule has 3 rings (SSSR count). The molecule has 0 saturated heterocycles. The second-order valence-electron chi connectivity index (χ2n) is 7.95. The van der Waals surface area contributed by atoms with E-state index in [1.165, 1.54) is 18.5 Å². The molecule has 1 aromatic heterocycles. The molecule has 1 fully saturated rings. The number of hydrogen-bond acceptors (Lipinski definition) is 6. The summed E-state index contributed by atoms with van der Waals surface area (Å²) in [5.41, 5.74) is 0.190. The van der Waals surface area contributed by atoms with Crippen LogP contribution in [0.3, 0.4) is 0 Å². The molecule has 1 saturated carbocycles. The molecule has 0 radical (unpaired) electrons. The van der Waals surface area contributed by atoms with Crippen molar-refractivity contribution in [3.05, 3.63) is 30.1 Å². The first kappa shape index (κ1) is 19.9. The summed E-state index contributed by atoms with van der Waals surface area (Å²) < 4.78 is 11.4. The first-order valence-corrected chi connectivity index (χ1v) is 9.35. The molecule has 2 aromatic rings. The van der Waals surface area contributed by atoms with Crippen molar-refractivity contribution >= 4 is 23.0 Å². The van der Waals surface area contributed by atoms with Gasteiger partial charge in [-0.2, -0.15) is 0 Å². The van der Waals surface area contributed by atoms with Gasteiger partial charge in [0.25, 0.3) is 0 Å². The van der Waals surface area contributed by atoms with Crippen molar-refractivity contribution in [2.24, 2.45) is 0 Å². The van der Waals surface area contributed by atoms with Gasteiger partial charge in [-0.05, 0) is 64.7 Å². The third-order valence-corrected chi connectivity index (χ3v) is 4.52. The van der Waals surface area contributed by atoms with Gasteiger partial charge in [-0.1, -0.05) is 0 Å². The number of carbonyl (C=O) groups is 2. The highest BCUT2D eigenvalue weighted by molar-refractivity contribution is 5.94. The van der Waals surface area contributed by atoms with Crippen molar-refractivity contribution in [2.75, 3.05) is 0 Å². The van der Waals surface area contributed by atoms with Gasteiger partial charge in [-0.25, -0.2) is 19.6 Å². The Morgan fingerprint density at radius 3 is 2.50 bits per heavy atom. The normalized spacial score (nSPS) is 19.8. The zero-order valence-corrected chi connectivity index (χ0v) is 16.3. The van der Waals surface area contributed by atoms with Crippen LogP contribution in [0.2, 0.25) is 0 Å². The number of rotatable bonds is 4. The molecular formula is C20H25N3O5. The number of aromatic nitrogens is 2. The quantitative estimate of drug-likeness (QED) is 0.825. The molecule has 1 aliphatic rings. The zero-order valence-electron chi connectivity index (χ0n) is 16.3. The second kappa shape index (κ2) is 8.00. The van der Waals surface area contributed by atoms with Crippen LogP contribution in [-0.4, -0.2) is 44.9 Å². The number of alkyl carbamates (subject to hydrolysis) is 1. The molecule has 0 unspecified atom stereocenters. The van der Waals surface area contributed by atoms with E-state index in [0.717, 1.165) is 25.7 Å². The van der Waals surface area contributed by atoms with Gasteiger partial charge in [0.1, 0.15) is 18.0 Å². The molecular weight excluding hydrogens is 362 g/mol. The third kappa shape index (κ3) is 5.09. The Bertz CT molecular complexity index is 870. The van der Waals surface area contributed by atoms with Gasteiger partial charge in [-0.15, -0.1) is 0 Å². The van der Waals surface area contributed by atoms with Crippen molar-refractivity contribution in [1.29, 1.82) is 0 Å². The molecule has 0 bridgehead atoms. The lowest BCUT2D eigenvalue weighted by Crippen LogP contribution is -2.42. The molecule has 0 aliphatic heterocycles. The lowest BCUT2D eigenvalue weighted by Gasteiger charge is -2.30.